The molecule has 3 rings (SSSR count). The van der Waals surface area contributed by atoms with Gasteiger partial charge in [-0.25, -0.2) is 13.6 Å². The highest BCUT2D eigenvalue weighted by atomic mass is 32.1. The van der Waals surface area contributed by atoms with E-state index in [0.29, 0.717) is 23.6 Å². The van der Waals surface area contributed by atoms with Crippen LogP contribution in [0.4, 0.5) is 13.6 Å². The summed E-state index contributed by atoms with van der Waals surface area (Å²) < 4.78 is 33.7. The van der Waals surface area contributed by atoms with Gasteiger partial charge in [0.05, 0.1) is 5.52 Å². The molecule has 0 bridgehead atoms. The summed E-state index contributed by atoms with van der Waals surface area (Å²) in [5, 5.41) is 12.3. The molecule has 2 heterocycles. The first kappa shape index (κ1) is 19.5. The van der Waals surface area contributed by atoms with Crippen molar-refractivity contribution in [2.45, 2.75) is 45.3 Å². The summed E-state index contributed by atoms with van der Waals surface area (Å²) in [5.41, 5.74) is 1.40. The summed E-state index contributed by atoms with van der Waals surface area (Å²) >= 11 is 1.06. The van der Waals surface area contributed by atoms with E-state index in [2.05, 4.69) is 0 Å². The minimum absolute atomic E-state index is 0.173. The fraction of sp³-hybridized carbons (Fsp3) is 0.350. The van der Waals surface area contributed by atoms with Gasteiger partial charge in [-0.15, -0.1) is 11.3 Å². The first-order valence-corrected chi connectivity index (χ1v) is 9.33. The number of thiophene rings is 1. The first-order valence-electron chi connectivity index (χ1n) is 8.45. The maximum Gasteiger partial charge on any atom is 0.419 e. The number of alkyl halides is 2. The molecule has 27 heavy (non-hydrogen) atoms. The Labute approximate surface area is 160 Å². The Morgan fingerprint density at radius 1 is 1.22 bits per heavy atom. The molecule has 0 saturated carbocycles. The van der Waals surface area contributed by atoms with E-state index in [1.807, 2.05) is 18.2 Å². The Hall–Kier alpha value is -2.25. The topological polar surface area (TPSA) is 51.5 Å². The number of carbonyl (C=O) groups is 1. The molecule has 1 unspecified atom stereocenters. The number of hydrogen-bond donors (Lipinski definition) is 1. The zero-order valence-corrected chi connectivity index (χ0v) is 16.3. The van der Waals surface area contributed by atoms with E-state index in [-0.39, 0.29) is 4.88 Å². The van der Waals surface area contributed by atoms with Gasteiger partial charge in [0.1, 0.15) is 5.60 Å². The van der Waals surface area contributed by atoms with Crippen molar-refractivity contribution < 1.29 is 23.4 Å². The molecule has 3 aromatic rings. The van der Waals surface area contributed by atoms with Gasteiger partial charge in [-0.05, 0) is 43.8 Å². The molecule has 0 aliphatic rings. The van der Waals surface area contributed by atoms with Gasteiger partial charge in [0.2, 0.25) is 0 Å². The highest BCUT2D eigenvalue weighted by Gasteiger charge is 2.35. The van der Waals surface area contributed by atoms with Crippen molar-refractivity contribution in [1.82, 2.24) is 4.57 Å². The average Bonchev–Trinajstić information content (AvgIpc) is 3.16. The van der Waals surface area contributed by atoms with Crippen molar-refractivity contribution >= 4 is 28.3 Å². The van der Waals surface area contributed by atoms with Crippen LogP contribution in [0.25, 0.3) is 22.0 Å². The molecular weight excluding hydrogens is 372 g/mol. The number of aromatic nitrogens is 1. The minimum atomic E-state index is -3.23. The smallest absolute Gasteiger partial charge is 0.419 e. The van der Waals surface area contributed by atoms with Gasteiger partial charge in [0.15, 0.2) is 6.10 Å². The molecule has 144 valence electrons. The van der Waals surface area contributed by atoms with Crippen LogP contribution in [0.3, 0.4) is 0 Å². The van der Waals surface area contributed by atoms with Crippen LogP contribution in [0.5, 0.6) is 0 Å². The molecule has 0 amide bonds. The van der Waals surface area contributed by atoms with Crippen LogP contribution >= 0.6 is 11.3 Å². The number of aliphatic hydroxyl groups is 1. The lowest BCUT2D eigenvalue weighted by molar-refractivity contribution is -0.0938. The van der Waals surface area contributed by atoms with Crippen molar-refractivity contribution in [3.05, 3.63) is 46.8 Å². The highest BCUT2D eigenvalue weighted by molar-refractivity contribution is 7.10. The minimum Gasteiger partial charge on any atom is -0.443 e. The van der Waals surface area contributed by atoms with Crippen LogP contribution in [0, 0.1) is 0 Å². The fourth-order valence-corrected chi connectivity index (χ4v) is 3.75. The van der Waals surface area contributed by atoms with Gasteiger partial charge in [-0.2, -0.15) is 0 Å². The molecule has 0 aliphatic carbocycles. The van der Waals surface area contributed by atoms with Gasteiger partial charge in [-0.3, -0.25) is 4.57 Å². The maximum absolute atomic E-state index is 13.4. The number of hydrogen-bond acceptors (Lipinski definition) is 4. The molecule has 1 aromatic carbocycles. The molecule has 7 heteroatoms. The van der Waals surface area contributed by atoms with Gasteiger partial charge >= 0.3 is 6.09 Å². The van der Waals surface area contributed by atoms with E-state index in [4.69, 9.17) is 4.74 Å². The Morgan fingerprint density at radius 3 is 2.52 bits per heavy atom. The summed E-state index contributed by atoms with van der Waals surface area (Å²) in [7, 11) is 0. The molecule has 2 aromatic heterocycles. The van der Waals surface area contributed by atoms with Crippen LogP contribution < -0.4 is 0 Å². The molecule has 1 N–H and O–H groups in total. The molecule has 0 spiro atoms. The molecule has 0 radical (unpaired) electrons. The number of para-hydroxylation sites is 1. The van der Waals surface area contributed by atoms with Crippen molar-refractivity contribution in [1.29, 1.82) is 0 Å². The fourth-order valence-electron chi connectivity index (χ4n) is 2.76. The van der Waals surface area contributed by atoms with Crippen molar-refractivity contribution in [3.63, 3.8) is 0 Å². The van der Waals surface area contributed by atoms with Gasteiger partial charge in [-0.1, -0.05) is 18.2 Å². The molecular formula is C20H21F2NO3S. The van der Waals surface area contributed by atoms with Crippen LogP contribution in [-0.2, 0) is 4.74 Å². The van der Waals surface area contributed by atoms with Crippen LogP contribution in [-0.4, -0.2) is 27.3 Å². The zero-order valence-electron chi connectivity index (χ0n) is 15.5. The summed E-state index contributed by atoms with van der Waals surface area (Å²) in [6.07, 6.45) is -0.739. The standard InChI is InChI=1S/C20H21F2NO3S/c1-19(2,3)26-18(25)23-10-14(13-7-5-6-8-15(13)23)12-9-16(27-11-12)17(24)20(4,21)22/h5-11,17,24H,1-4H3. The quantitative estimate of drug-likeness (QED) is 0.608. The van der Waals surface area contributed by atoms with Gasteiger partial charge in [0, 0.05) is 28.9 Å². The number of benzene rings is 1. The van der Waals surface area contributed by atoms with Crippen LogP contribution in [0.15, 0.2) is 41.9 Å². The zero-order chi connectivity index (χ0) is 20.0. The first-order chi connectivity index (χ1) is 12.5. The number of halogens is 2. The van der Waals surface area contributed by atoms with E-state index in [1.165, 1.54) is 10.6 Å². The number of fused-ring (bicyclic) bond motifs is 1. The average molecular weight is 393 g/mol. The normalized spacial score (nSPS) is 13.7. The van der Waals surface area contributed by atoms with Crippen molar-refractivity contribution in [2.24, 2.45) is 0 Å². The Bertz CT molecular complexity index is 979. The lowest BCUT2D eigenvalue weighted by atomic mass is 10.1. The third-order valence-electron chi connectivity index (χ3n) is 3.98. The monoisotopic (exact) mass is 393 g/mol. The van der Waals surface area contributed by atoms with Crippen LogP contribution in [0.2, 0.25) is 0 Å². The Morgan fingerprint density at radius 2 is 1.89 bits per heavy atom. The third-order valence-corrected chi connectivity index (χ3v) is 4.97. The highest BCUT2D eigenvalue weighted by Crippen LogP contribution is 2.39. The Kier molecular flexibility index (Phi) is 4.86. The van der Waals surface area contributed by atoms with Gasteiger partial charge < -0.3 is 9.84 Å². The molecule has 4 nitrogen and oxygen atoms in total. The molecule has 0 aliphatic heterocycles. The van der Waals surface area contributed by atoms with E-state index < -0.39 is 23.7 Å². The summed E-state index contributed by atoms with van der Waals surface area (Å²) in [5.74, 6) is -3.23. The van der Waals surface area contributed by atoms with Crippen LogP contribution in [0.1, 0.15) is 38.7 Å². The van der Waals surface area contributed by atoms with Crippen molar-refractivity contribution in [3.8, 4) is 11.1 Å². The second-order valence-electron chi connectivity index (χ2n) is 7.51. The molecule has 1 atom stereocenters. The van der Waals surface area contributed by atoms with E-state index in [1.54, 1.807) is 38.4 Å². The number of carbonyl (C=O) groups excluding carboxylic acids is 1. The van der Waals surface area contributed by atoms with Gasteiger partial charge in [0.25, 0.3) is 5.92 Å². The third kappa shape index (κ3) is 4.04. The summed E-state index contributed by atoms with van der Waals surface area (Å²) in [6.45, 7) is 6.05. The van der Waals surface area contributed by atoms with Crippen molar-refractivity contribution in [2.75, 3.05) is 0 Å². The van der Waals surface area contributed by atoms with E-state index in [0.717, 1.165) is 16.7 Å². The second-order valence-corrected chi connectivity index (χ2v) is 8.45. The summed E-state index contributed by atoms with van der Waals surface area (Å²) in [6, 6.07) is 8.84. The largest absolute Gasteiger partial charge is 0.443 e. The molecule has 0 saturated heterocycles. The predicted octanol–water partition coefficient (Wildman–Crippen LogP) is 5.84. The van der Waals surface area contributed by atoms with E-state index in [9.17, 15) is 18.7 Å². The summed E-state index contributed by atoms with van der Waals surface area (Å²) in [4.78, 5) is 12.7. The van der Waals surface area contributed by atoms with E-state index >= 15 is 0 Å². The second kappa shape index (κ2) is 6.73. The number of ether oxygens (including phenoxy) is 1. The SMILES string of the molecule is CC(C)(C)OC(=O)n1cc(-c2csc(C(O)C(C)(F)F)c2)c2ccccc21. The number of nitrogens with zero attached hydrogens (tertiary/aromatic N) is 1. The molecule has 0 fully saturated rings. The Balaban J connectivity index is 2.06. The predicted molar refractivity (Wildman–Crippen MR) is 102 cm³/mol. The lowest BCUT2D eigenvalue weighted by Crippen LogP contribution is -2.26. The number of aliphatic hydroxyl groups excluding tert-OH is 1. The lowest BCUT2D eigenvalue weighted by Gasteiger charge is -2.19. The number of rotatable bonds is 3. The maximum atomic E-state index is 13.4.